The van der Waals surface area contributed by atoms with Gasteiger partial charge in [0.15, 0.2) is 0 Å². The summed E-state index contributed by atoms with van der Waals surface area (Å²) in [5.41, 5.74) is 1.99. The fraction of sp³-hybridized carbons (Fsp3) is 0.200. The maximum atomic E-state index is 11.9. The van der Waals surface area contributed by atoms with E-state index in [-0.39, 0.29) is 17.4 Å². The fourth-order valence-electron chi connectivity index (χ4n) is 2.87. The second-order valence-electron chi connectivity index (χ2n) is 6.21. The Morgan fingerprint density at radius 2 is 1.88 bits per heavy atom. The van der Waals surface area contributed by atoms with Crippen LogP contribution in [-0.2, 0) is 11.2 Å². The molecule has 1 fully saturated rings. The van der Waals surface area contributed by atoms with Gasteiger partial charge in [0.1, 0.15) is 5.75 Å². The van der Waals surface area contributed by atoms with Crippen LogP contribution in [0.2, 0.25) is 0 Å². The molecule has 3 aromatic rings. The lowest BCUT2D eigenvalue weighted by Gasteiger charge is -2.08. The Bertz CT molecular complexity index is 970. The molecule has 4 rings (SSSR count). The molecule has 0 aliphatic heterocycles. The van der Waals surface area contributed by atoms with Gasteiger partial charge in [-0.1, -0.05) is 30.3 Å². The molecule has 1 heterocycles. The molecule has 4 heteroatoms. The molecule has 0 atom stereocenters. The average Bonchev–Trinajstić information content (AvgIpc) is 3.43. The number of benzene rings is 2. The number of ether oxygens (including phenoxy) is 1. The number of hydrogen-bond acceptors (Lipinski definition) is 3. The summed E-state index contributed by atoms with van der Waals surface area (Å²) in [5, 5.41) is 1.63. The van der Waals surface area contributed by atoms with E-state index in [9.17, 15) is 9.59 Å². The van der Waals surface area contributed by atoms with Gasteiger partial charge in [-0.3, -0.25) is 9.59 Å². The summed E-state index contributed by atoms with van der Waals surface area (Å²) in [7, 11) is 0. The SMILES string of the molecule is O=C(Oc1cccc(Cc2c[nH]c(=O)c3ccccc23)c1)C1CC1. The van der Waals surface area contributed by atoms with Gasteiger partial charge in [-0.05, 0) is 54.0 Å². The highest BCUT2D eigenvalue weighted by molar-refractivity contribution is 5.84. The highest BCUT2D eigenvalue weighted by Gasteiger charge is 2.31. The number of esters is 1. The first-order valence-corrected chi connectivity index (χ1v) is 8.10. The minimum Gasteiger partial charge on any atom is -0.426 e. The van der Waals surface area contributed by atoms with Crippen LogP contribution in [0.4, 0.5) is 0 Å². The predicted molar refractivity (Wildman–Crippen MR) is 92.2 cm³/mol. The third kappa shape index (κ3) is 2.95. The van der Waals surface area contributed by atoms with Crippen molar-refractivity contribution in [1.29, 1.82) is 0 Å². The maximum Gasteiger partial charge on any atom is 0.314 e. The molecule has 0 unspecified atom stereocenters. The number of aromatic amines is 1. The molecule has 1 aliphatic carbocycles. The summed E-state index contributed by atoms with van der Waals surface area (Å²) in [5.74, 6) is 0.525. The summed E-state index contributed by atoms with van der Waals surface area (Å²) in [6.45, 7) is 0. The van der Waals surface area contributed by atoms with E-state index in [0.29, 0.717) is 17.6 Å². The molecule has 1 saturated carbocycles. The second-order valence-corrected chi connectivity index (χ2v) is 6.21. The van der Waals surface area contributed by atoms with Gasteiger partial charge in [0.2, 0.25) is 0 Å². The third-order valence-corrected chi connectivity index (χ3v) is 4.32. The average molecular weight is 319 g/mol. The molecule has 24 heavy (non-hydrogen) atoms. The number of fused-ring (bicyclic) bond motifs is 1. The number of H-pyrrole nitrogens is 1. The molecular weight excluding hydrogens is 302 g/mol. The summed E-state index contributed by atoms with van der Waals surface area (Å²) >= 11 is 0. The van der Waals surface area contributed by atoms with E-state index in [1.54, 1.807) is 12.3 Å². The molecule has 4 nitrogen and oxygen atoms in total. The number of carbonyl (C=O) groups is 1. The first-order chi connectivity index (χ1) is 11.7. The lowest BCUT2D eigenvalue weighted by Crippen LogP contribution is -2.10. The quantitative estimate of drug-likeness (QED) is 0.592. The van der Waals surface area contributed by atoms with Crippen molar-refractivity contribution in [2.45, 2.75) is 19.3 Å². The molecule has 0 saturated heterocycles. The number of hydrogen-bond donors (Lipinski definition) is 1. The van der Waals surface area contributed by atoms with Crippen LogP contribution >= 0.6 is 0 Å². The zero-order valence-electron chi connectivity index (χ0n) is 13.1. The van der Waals surface area contributed by atoms with Crippen molar-refractivity contribution < 1.29 is 9.53 Å². The maximum absolute atomic E-state index is 11.9. The zero-order chi connectivity index (χ0) is 16.5. The van der Waals surface area contributed by atoms with Gasteiger partial charge in [-0.15, -0.1) is 0 Å². The van der Waals surface area contributed by atoms with E-state index in [4.69, 9.17) is 4.74 Å². The Labute approximate surface area is 139 Å². The van der Waals surface area contributed by atoms with Gasteiger partial charge in [0.25, 0.3) is 5.56 Å². The van der Waals surface area contributed by atoms with E-state index in [1.807, 2.05) is 42.5 Å². The normalized spacial score (nSPS) is 13.8. The summed E-state index contributed by atoms with van der Waals surface area (Å²) < 4.78 is 5.43. The van der Waals surface area contributed by atoms with Crippen LogP contribution in [0, 0.1) is 5.92 Å². The largest absolute Gasteiger partial charge is 0.426 e. The Balaban J connectivity index is 1.62. The number of nitrogens with one attached hydrogen (secondary N) is 1. The number of rotatable bonds is 4. The smallest absolute Gasteiger partial charge is 0.314 e. The van der Waals surface area contributed by atoms with E-state index in [2.05, 4.69) is 4.98 Å². The Morgan fingerprint density at radius 1 is 1.08 bits per heavy atom. The topological polar surface area (TPSA) is 59.2 Å². The van der Waals surface area contributed by atoms with Crippen LogP contribution in [0.5, 0.6) is 5.75 Å². The van der Waals surface area contributed by atoms with Gasteiger partial charge in [-0.2, -0.15) is 0 Å². The van der Waals surface area contributed by atoms with Gasteiger partial charge in [-0.25, -0.2) is 0 Å². The molecule has 0 bridgehead atoms. The van der Waals surface area contributed by atoms with Gasteiger partial charge in [0, 0.05) is 11.6 Å². The minimum absolute atomic E-state index is 0.0804. The van der Waals surface area contributed by atoms with Crippen molar-refractivity contribution in [3.63, 3.8) is 0 Å². The Kier molecular flexibility index (Phi) is 3.65. The summed E-state index contributed by atoms with van der Waals surface area (Å²) in [6, 6.07) is 15.1. The second kappa shape index (κ2) is 5.96. The fourth-order valence-corrected chi connectivity index (χ4v) is 2.87. The van der Waals surface area contributed by atoms with E-state index >= 15 is 0 Å². The Hall–Kier alpha value is -2.88. The van der Waals surface area contributed by atoms with E-state index < -0.39 is 0 Å². The van der Waals surface area contributed by atoms with Crippen LogP contribution < -0.4 is 10.3 Å². The molecular formula is C20H17NO3. The summed E-state index contributed by atoms with van der Waals surface area (Å²) in [4.78, 5) is 26.5. The lowest BCUT2D eigenvalue weighted by molar-refractivity contribution is -0.135. The van der Waals surface area contributed by atoms with Crippen molar-refractivity contribution in [1.82, 2.24) is 4.98 Å². The summed E-state index contributed by atoms with van der Waals surface area (Å²) in [6.07, 6.45) is 4.28. The van der Waals surface area contributed by atoms with E-state index in [1.165, 1.54) is 0 Å². The van der Waals surface area contributed by atoms with Crippen molar-refractivity contribution >= 4 is 16.7 Å². The van der Waals surface area contributed by atoms with Crippen LogP contribution in [0.25, 0.3) is 10.8 Å². The van der Waals surface area contributed by atoms with Crippen molar-refractivity contribution in [2.75, 3.05) is 0 Å². The number of pyridine rings is 1. The zero-order valence-corrected chi connectivity index (χ0v) is 13.1. The van der Waals surface area contributed by atoms with Crippen molar-refractivity contribution in [3.8, 4) is 5.75 Å². The van der Waals surface area contributed by atoms with Gasteiger partial charge < -0.3 is 9.72 Å². The molecule has 1 N–H and O–H groups in total. The minimum atomic E-state index is -0.137. The lowest BCUT2D eigenvalue weighted by atomic mass is 10.0. The molecule has 1 aromatic heterocycles. The highest BCUT2D eigenvalue weighted by atomic mass is 16.5. The molecule has 1 aliphatic rings. The van der Waals surface area contributed by atoms with Crippen LogP contribution in [-0.4, -0.2) is 11.0 Å². The predicted octanol–water partition coefficient (Wildman–Crippen LogP) is 3.43. The van der Waals surface area contributed by atoms with Crippen molar-refractivity contribution in [3.05, 3.63) is 76.2 Å². The highest BCUT2D eigenvalue weighted by Crippen LogP contribution is 2.31. The first kappa shape index (κ1) is 14.7. The third-order valence-electron chi connectivity index (χ3n) is 4.32. The van der Waals surface area contributed by atoms with Crippen LogP contribution in [0.15, 0.2) is 59.5 Å². The Morgan fingerprint density at radius 3 is 2.67 bits per heavy atom. The molecule has 0 amide bonds. The standard InChI is InChI=1S/C20H17NO3/c22-19-18-7-2-1-6-17(18)15(12-21-19)10-13-4-3-5-16(11-13)24-20(23)14-8-9-14/h1-7,11-12,14H,8-10H2,(H,21,22). The van der Waals surface area contributed by atoms with Crippen molar-refractivity contribution in [2.24, 2.45) is 5.92 Å². The number of aromatic nitrogens is 1. The van der Waals surface area contributed by atoms with Gasteiger partial charge in [0.05, 0.1) is 5.92 Å². The van der Waals surface area contributed by atoms with Crippen LogP contribution in [0.1, 0.15) is 24.0 Å². The molecule has 0 spiro atoms. The van der Waals surface area contributed by atoms with Gasteiger partial charge >= 0.3 is 5.97 Å². The van der Waals surface area contributed by atoms with Crippen LogP contribution in [0.3, 0.4) is 0 Å². The monoisotopic (exact) mass is 319 g/mol. The number of carbonyl (C=O) groups excluding carboxylic acids is 1. The molecule has 0 radical (unpaired) electrons. The van der Waals surface area contributed by atoms with E-state index in [0.717, 1.165) is 29.4 Å². The molecule has 2 aromatic carbocycles. The molecule has 120 valence electrons. The first-order valence-electron chi connectivity index (χ1n) is 8.10.